The third-order valence-corrected chi connectivity index (χ3v) is 2.98. The average Bonchev–Trinajstić information content (AvgIpc) is 2.72. The number of aliphatic hydroxyl groups is 1. The lowest BCUT2D eigenvalue weighted by molar-refractivity contribution is -0.0394. The number of nitrogens with one attached hydrogen (secondary N) is 1. The van der Waals surface area contributed by atoms with Gasteiger partial charge in [0.2, 0.25) is 5.82 Å². The van der Waals surface area contributed by atoms with Gasteiger partial charge in [-0.25, -0.2) is 9.36 Å². The molecule has 1 aliphatic heterocycles. The van der Waals surface area contributed by atoms with E-state index in [1.807, 2.05) is 0 Å². The molecule has 2 N–H and O–H groups in total. The molecule has 3 atom stereocenters. The highest BCUT2D eigenvalue weighted by molar-refractivity contribution is 7.17. The summed E-state index contributed by atoms with van der Waals surface area (Å²) < 4.78 is 34.0. The first-order valence-electron chi connectivity index (χ1n) is 5.32. The normalized spacial score (nSPS) is 26.9. The Morgan fingerprint density at radius 1 is 1.63 bits per heavy atom. The van der Waals surface area contributed by atoms with Crippen molar-refractivity contribution in [2.45, 2.75) is 24.9 Å². The first kappa shape index (κ1) is 14.0. The molecule has 0 aromatic carbocycles. The molecule has 1 saturated heterocycles. The fraction of sp³-hybridized carbons (Fsp3) is 0.556. The highest BCUT2D eigenvalue weighted by Crippen LogP contribution is 2.28. The lowest BCUT2D eigenvalue weighted by Gasteiger charge is -2.14. The summed E-state index contributed by atoms with van der Waals surface area (Å²) in [4.78, 5) is 24.2. The highest BCUT2D eigenvalue weighted by Gasteiger charge is 2.35. The van der Waals surface area contributed by atoms with E-state index in [4.69, 9.17) is 4.74 Å². The quantitative estimate of drug-likeness (QED) is 0.727. The number of halogens is 1. The predicted molar refractivity (Wildman–Crippen MR) is 59.4 cm³/mol. The van der Waals surface area contributed by atoms with E-state index in [1.165, 1.54) is 0 Å². The van der Waals surface area contributed by atoms with Crippen LogP contribution in [0.25, 0.3) is 0 Å². The fourth-order valence-corrected chi connectivity index (χ4v) is 2.02. The van der Waals surface area contributed by atoms with E-state index < -0.39 is 44.2 Å². The van der Waals surface area contributed by atoms with Crippen LogP contribution in [0.1, 0.15) is 12.6 Å². The van der Waals surface area contributed by atoms with E-state index in [-0.39, 0.29) is 13.0 Å². The van der Waals surface area contributed by atoms with E-state index in [2.05, 4.69) is 4.52 Å². The second-order valence-corrected chi connectivity index (χ2v) is 4.35. The Bertz CT molecular complexity index is 587. The van der Waals surface area contributed by atoms with Crippen molar-refractivity contribution in [3.8, 4) is 0 Å². The number of nitrogens with zero attached hydrogens (tertiary/aromatic N) is 1. The number of aromatic amines is 1. The highest BCUT2D eigenvalue weighted by atomic mass is 31.1. The zero-order chi connectivity index (χ0) is 14.0. The number of hydrogen-bond donors (Lipinski definition) is 2. The van der Waals surface area contributed by atoms with Crippen LogP contribution in [-0.2, 0) is 13.8 Å². The van der Waals surface area contributed by atoms with Gasteiger partial charge in [-0.15, -0.1) is 0 Å². The van der Waals surface area contributed by atoms with Gasteiger partial charge in [-0.3, -0.25) is 18.9 Å². The van der Waals surface area contributed by atoms with Gasteiger partial charge in [0.1, 0.15) is 12.3 Å². The zero-order valence-corrected chi connectivity index (χ0v) is 10.4. The minimum Gasteiger partial charge on any atom is -0.390 e. The molecule has 0 radical (unpaired) electrons. The minimum absolute atomic E-state index is 0.0230. The largest absolute Gasteiger partial charge is 0.390 e. The molecule has 104 valence electrons. The summed E-state index contributed by atoms with van der Waals surface area (Å²) in [6.45, 7) is -0.136. The Labute approximate surface area is 107 Å². The van der Waals surface area contributed by atoms with Crippen LogP contribution in [0, 0.1) is 5.82 Å². The number of aliphatic hydroxyl groups excluding tert-OH is 1. The van der Waals surface area contributed by atoms with Crippen LogP contribution in [0.5, 0.6) is 0 Å². The second kappa shape index (κ2) is 5.70. The van der Waals surface area contributed by atoms with Crippen molar-refractivity contribution < 1.29 is 23.3 Å². The molecule has 0 bridgehead atoms. The SMILES string of the molecule is O=POC[C@H]1O[C@@H](n2cc(F)c(=O)[nH]c2=O)CC1O. The van der Waals surface area contributed by atoms with Crippen LogP contribution >= 0.6 is 8.69 Å². The van der Waals surface area contributed by atoms with Gasteiger partial charge < -0.3 is 9.84 Å². The van der Waals surface area contributed by atoms with Crippen molar-refractivity contribution in [2.75, 3.05) is 6.61 Å². The van der Waals surface area contributed by atoms with E-state index >= 15 is 0 Å². The van der Waals surface area contributed by atoms with Crippen molar-refractivity contribution in [3.05, 3.63) is 32.9 Å². The van der Waals surface area contributed by atoms with Crippen LogP contribution in [0.2, 0.25) is 0 Å². The molecule has 2 rings (SSSR count). The molecule has 0 saturated carbocycles. The molecule has 0 amide bonds. The summed E-state index contributed by atoms with van der Waals surface area (Å²) in [6.07, 6.45) is -1.92. The molecule has 8 nitrogen and oxygen atoms in total. The lowest BCUT2D eigenvalue weighted by Crippen LogP contribution is -2.34. The van der Waals surface area contributed by atoms with Gasteiger partial charge in [-0.1, -0.05) is 0 Å². The molecule has 2 heterocycles. The molecule has 1 aromatic heterocycles. The first-order chi connectivity index (χ1) is 9.02. The molecule has 19 heavy (non-hydrogen) atoms. The maximum Gasteiger partial charge on any atom is 0.330 e. The maximum absolute atomic E-state index is 13.1. The molecule has 1 fully saturated rings. The standard InChI is InChI=1S/C9H10FN2O6P/c10-4-2-12(9(15)11-8(4)14)7-1-5(13)6(18-7)3-17-19-16/h2,5-7,13H,1,3H2,(H,11,14,15)/t5?,6-,7-/m1/s1. The molecule has 10 heteroatoms. The van der Waals surface area contributed by atoms with Gasteiger partial charge in [-0.2, -0.15) is 4.39 Å². The van der Waals surface area contributed by atoms with Gasteiger partial charge in [0.05, 0.1) is 18.9 Å². The van der Waals surface area contributed by atoms with Crippen LogP contribution < -0.4 is 11.2 Å². The third kappa shape index (κ3) is 2.95. The zero-order valence-electron chi connectivity index (χ0n) is 9.48. The Morgan fingerprint density at radius 3 is 3.05 bits per heavy atom. The van der Waals surface area contributed by atoms with Crippen molar-refractivity contribution in [1.29, 1.82) is 0 Å². The van der Waals surface area contributed by atoms with Gasteiger partial charge in [-0.05, 0) is 0 Å². The van der Waals surface area contributed by atoms with Crippen LogP contribution in [-0.4, -0.2) is 33.5 Å². The Morgan fingerprint density at radius 2 is 2.37 bits per heavy atom. The molecule has 1 aromatic rings. The minimum atomic E-state index is -1.13. The number of ether oxygens (including phenoxy) is 1. The smallest absolute Gasteiger partial charge is 0.330 e. The Kier molecular flexibility index (Phi) is 4.20. The summed E-state index contributed by atoms with van der Waals surface area (Å²) in [6, 6.07) is 0. The number of hydrogen-bond acceptors (Lipinski definition) is 6. The van der Waals surface area contributed by atoms with Crippen LogP contribution in [0.15, 0.2) is 15.8 Å². The topological polar surface area (TPSA) is 111 Å². The predicted octanol–water partition coefficient (Wildman–Crippen LogP) is -0.453. The van der Waals surface area contributed by atoms with Gasteiger partial charge in [0.15, 0.2) is 0 Å². The van der Waals surface area contributed by atoms with Crippen molar-refractivity contribution in [3.63, 3.8) is 0 Å². The van der Waals surface area contributed by atoms with E-state index in [0.717, 1.165) is 4.57 Å². The van der Waals surface area contributed by atoms with Gasteiger partial charge in [0.25, 0.3) is 5.56 Å². The second-order valence-electron chi connectivity index (χ2n) is 3.95. The summed E-state index contributed by atoms with van der Waals surface area (Å²) >= 11 is 0. The lowest BCUT2D eigenvalue weighted by atomic mass is 10.2. The van der Waals surface area contributed by atoms with E-state index in [1.54, 1.807) is 4.98 Å². The van der Waals surface area contributed by atoms with Gasteiger partial charge in [0, 0.05) is 6.42 Å². The molecule has 0 spiro atoms. The van der Waals surface area contributed by atoms with E-state index in [0.29, 0.717) is 6.20 Å². The number of aromatic nitrogens is 2. The maximum atomic E-state index is 13.1. The van der Waals surface area contributed by atoms with Crippen LogP contribution in [0.4, 0.5) is 4.39 Å². The van der Waals surface area contributed by atoms with Gasteiger partial charge >= 0.3 is 14.4 Å². The Balaban J connectivity index is 2.20. The van der Waals surface area contributed by atoms with Crippen LogP contribution in [0.3, 0.4) is 0 Å². The summed E-state index contributed by atoms with van der Waals surface area (Å²) in [5.41, 5.74) is -1.96. The average molecular weight is 292 g/mol. The molecule has 1 aliphatic rings. The first-order valence-corrected chi connectivity index (χ1v) is 6.05. The number of H-pyrrole nitrogens is 1. The molecule has 0 aliphatic carbocycles. The fourth-order valence-electron chi connectivity index (χ4n) is 1.81. The van der Waals surface area contributed by atoms with Crippen molar-refractivity contribution in [2.24, 2.45) is 0 Å². The molecule has 1 unspecified atom stereocenters. The van der Waals surface area contributed by atoms with Crippen molar-refractivity contribution >= 4 is 8.69 Å². The third-order valence-electron chi connectivity index (χ3n) is 2.73. The summed E-state index contributed by atoms with van der Waals surface area (Å²) in [5.74, 6) is -1.13. The monoisotopic (exact) mass is 292 g/mol. The van der Waals surface area contributed by atoms with E-state index in [9.17, 15) is 23.7 Å². The van der Waals surface area contributed by atoms with Crippen molar-refractivity contribution in [1.82, 2.24) is 9.55 Å². The molecular weight excluding hydrogens is 282 g/mol. The molecular formula is C9H10FN2O6P. The summed E-state index contributed by atoms with van der Waals surface area (Å²) in [5, 5.41) is 9.67. The Hall–Kier alpha value is -1.41. The summed E-state index contributed by atoms with van der Waals surface area (Å²) in [7, 11) is -0.556. The number of rotatable bonds is 4.